The predicted molar refractivity (Wildman–Crippen MR) is 115 cm³/mol. The van der Waals surface area contributed by atoms with Crippen molar-refractivity contribution in [3.8, 4) is 0 Å². The van der Waals surface area contributed by atoms with Gasteiger partial charge in [-0.25, -0.2) is 0 Å². The van der Waals surface area contributed by atoms with Gasteiger partial charge in [0.25, 0.3) is 0 Å². The van der Waals surface area contributed by atoms with E-state index in [9.17, 15) is 9.59 Å². The molecule has 5 heteroatoms. The fraction of sp³-hybridized carbons (Fsp3) is 0.391. The maximum Gasteiger partial charge on any atom is 0.237 e. The Morgan fingerprint density at radius 1 is 1.04 bits per heavy atom. The van der Waals surface area contributed by atoms with Gasteiger partial charge in [0.15, 0.2) is 0 Å². The Hall–Kier alpha value is -2.27. The van der Waals surface area contributed by atoms with Gasteiger partial charge in [0, 0.05) is 43.8 Å². The number of para-hydroxylation sites is 1. The minimum absolute atomic E-state index is 0.0968. The number of nitrogens with zero attached hydrogens (tertiary/aromatic N) is 2. The first kappa shape index (κ1) is 19.1. The minimum Gasteiger partial charge on any atom is -0.341 e. The van der Waals surface area contributed by atoms with Crippen molar-refractivity contribution in [2.45, 2.75) is 24.7 Å². The van der Waals surface area contributed by atoms with E-state index in [4.69, 9.17) is 0 Å². The van der Waals surface area contributed by atoms with E-state index >= 15 is 0 Å². The van der Waals surface area contributed by atoms with Crippen LogP contribution in [0.3, 0.4) is 0 Å². The lowest BCUT2D eigenvalue weighted by Gasteiger charge is -2.31. The largest absolute Gasteiger partial charge is 0.341 e. The highest BCUT2D eigenvalue weighted by molar-refractivity contribution is 7.99. The maximum absolute atomic E-state index is 13.5. The number of carbonyl (C=O) groups excluding carboxylic acids is 2. The summed E-state index contributed by atoms with van der Waals surface area (Å²) in [5.41, 5.74) is 2.47. The molecular formula is C23H26N2O2S. The summed E-state index contributed by atoms with van der Waals surface area (Å²) in [5.74, 6) is 2.28. The molecule has 2 heterocycles. The van der Waals surface area contributed by atoms with Crippen LogP contribution in [0.2, 0.25) is 0 Å². The lowest BCUT2D eigenvalue weighted by molar-refractivity contribution is -0.131. The molecule has 1 atom stereocenters. The van der Waals surface area contributed by atoms with E-state index in [0.717, 1.165) is 41.4 Å². The second-order valence-electron chi connectivity index (χ2n) is 7.62. The van der Waals surface area contributed by atoms with Gasteiger partial charge in [-0.3, -0.25) is 9.59 Å². The lowest BCUT2D eigenvalue weighted by atomic mass is 9.73. The molecule has 0 bridgehead atoms. The van der Waals surface area contributed by atoms with Crippen LogP contribution in [-0.2, 0) is 21.4 Å². The van der Waals surface area contributed by atoms with Crippen molar-refractivity contribution >= 4 is 29.3 Å². The highest BCUT2D eigenvalue weighted by Crippen LogP contribution is 2.46. The number of hydrogen-bond donors (Lipinski definition) is 0. The third-order valence-corrected chi connectivity index (χ3v) is 6.92. The zero-order valence-electron chi connectivity index (χ0n) is 16.3. The number of rotatable bonds is 5. The van der Waals surface area contributed by atoms with Crippen LogP contribution in [0.15, 0.2) is 54.6 Å². The molecule has 4 nitrogen and oxygen atoms in total. The predicted octanol–water partition coefficient (Wildman–Crippen LogP) is 3.50. The van der Waals surface area contributed by atoms with Crippen LogP contribution < -0.4 is 4.90 Å². The van der Waals surface area contributed by atoms with Crippen LogP contribution in [-0.4, -0.2) is 48.4 Å². The Labute approximate surface area is 170 Å². The van der Waals surface area contributed by atoms with Crippen molar-refractivity contribution in [3.63, 3.8) is 0 Å². The molecule has 0 unspecified atom stereocenters. The summed E-state index contributed by atoms with van der Waals surface area (Å²) < 4.78 is 0. The van der Waals surface area contributed by atoms with Crippen LogP contribution in [0.25, 0.3) is 0 Å². The zero-order valence-corrected chi connectivity index (χ0v) is 17.1. The first-order chi connectivity index (χ1) is 13.6. The van der Waals surface area contributed by atoms with E-state index in [0.29, 0.717) is 19.3 Å². The molecule has 0 spiro atoms. The first-order valence-corrected chi connectivity index (χ1v) is 11.0. The van der Waals surface area contributed by atoms with E-state index in [2.05, 4.69) is 18.2 Å². The second kappa shape index (κ2) is 8.00. The fourth-order valence-electron chi connectivity index (χ4n) is 4.45. The molecule has 2 aliphatic heterocycles. The van der Waals surface area contributed by atoms with E-state index < -0.39 is 5.41 Å². The van der Waals surface area contributed by atoms with Crippen LogP contribution in [0, 0.1) is 0 Å². The molecule has 1 fully saturated rings. The van der Waals surface area contributed by atoms with Crippen molar-refractivity contribution in [3.05, 3.63) is 65.7 Å². The summed E-state index contributed by atoms with van der Waals surface area (Å²) >= 11 is 1.90. The summed E-state index contributed by atoms with van der Waals surface area (Å²) in [6.07, 6.45) is 1.58. The molecular weight excluding hydrogens is 368 g/mol. The number of fused-ring (bicyclic) bond motifs is 1. The molecule has 4 rings (SSSR count). The maximum atomic E-state index is 13.5. The molecule has 0 saturated carbocycles. The summed E-state index contributed by atoms with van der Waals surface area (Å²) in [4.78, 5) is 30.0. The molecule has 146 valence electrons. The number of likely N-dealkylation sites (N-methyl/N-ethyl adjacent to an activating group) is 1. The zero-order chi connectivity index (χ0) is 19.6. The highest BCUT2D eigenvalue weighted by atomic mass is 32.2. The number of amides is 2. The van der Waals surface area contributed by atoms with Crippen molar-refractivity contribution in [2.75, 3.05) is 36.5 Å². The fourth-order valence-corrected chi connectivity index (χ4v) is 5.36. The molecule has 28 heavy (non-hydrogen) atoms. The Balaban J connectivity index is 1.65. The monoisotopic (exact) mass is 394 g/mol. The van der Waals surface area contributed by atoms with E-state index in [1.165, 1.54) is 0 Å². The van der Waals surface area contributed by atoms with E-state index in [1.54, 1.807) is 4.90 Å². The standard InChI is InChI=1S/C23H26N2O2S/c1-24-20-10-6-5-9-19(20)23(22(24)27,17-18-7-3-2-4-8-18)12-11-21(26)25-13-15-28-16-14-25/h2-10H,11-17H2,1H3/t23-/m0/s1. The van der Waals surface area contributed by atoms with Gasteiger partial charge >= 0.3 is 0 Å². The van der Waals surface area contributed by atoms with Crippen molar-refractivity contribution in [2.24, 2.45) is 0 Å². The average molecular weight is 395 g/mol. The summed E-state index contributed by atoms with van der Waals surface area (Å²) in [6.45, 7) is 1.64. The van der Waals surface area contributed by atoms with Gasteiger partial charge in [0.2, 0.25) is 11.8 Å². The average Bonchev–Trinajstić information content (AvgIpc) is 2.96. The number of thioether (sulfide) groups is 1. The third kappa shape index (κ3) is 3.44. The van der Waals surface area contributed by atoms with Crippen molar-refractivity contribution in [1.82, 2.24) is 4.90 Å². The second-order valence-corrected chi connectivity index (χ2v) is 8.84. The summed E-state index contributed by atoms with van der Waals surface area (Å²) in [7, 11) is 1.84. The van der Waals surface area contributed by atoms with Crippen LogP contribution >= 0.6 is 11.8 Å². The third-order valence-electron chi connectivity index (χ3n) is 5.97. The first-order valence-electron chi connectivity index (χ1n) is 9.89. The summed E-state index contributed by atoms with van der Waals surface area (Å²) in [5, 5.41) is 0. The molecule has 2 aromatic rings. The Kier molecular flexibility index (Phi) is 5.44. The molecule has 0 aliphatic carbocycles. The molecule has 0 aromatic heterocycles. The van der Waals surface area contributed by atoms with Gasteiger partial charge in [-0.1, -0.05) is 48.5 Å². The molecule has 0 N–H and O–H groups in total. The topological polar surface area (TPSA) is 40.6 Å². The van der Waals surface area contributed by atoms with Gasteiger partial charge in [0.05, 0.1) is 5.41 Å². The van der Waals surface area contributed by atoms with Gasteiger partial charge in [-0.05, 0) is 30.0 Å². The van der Waals surface area contributed by atoms with E-state index in [-0.39, 0.29) is 11.8 Å². The number of anilines is 1. The number of benzene rings is 2. The van der Waals surface area contributed by atoms with Crippen LogP contribution in [0.4, 0.5) is 5.69 Å². The van der Waals surface area contributed by atoms with Crippen LogP contribution in [0.1, 0.15) is 24.0 Å². The lowest BCUT2D eigenvalue weighted by Crippen LogP contribution is -2.43. The number of carbonyl (C=O) groups is 2. The Morgan fingerprint density at radius 3 is 2.46 bits per heavy atom. The Morgan fingerprint density at radius 2 is 1.71 bits per heavy atom. The molecule has 2 amide bonds. The molecule has 2 aromatic carbocycles. The van der Waals surface area contributed by atoms with Crippen molar-refractivity contribution in [1.29, 1.82) is 0 Å². The molecule has 2 aliphatic rings. The van der Waals surface area contributed by atoms with Gasteiger partial charge < -0.3 is 9.80 Å². The van der Waals surface area contributed by atoms with Gasteiger partial charge in [-0.15, -0.1) is 0 Å². The molecule has 0 radical (unpaired) electrons. The minimum atomic E-state index is -0.674. The normalized spacial score (nSPS) is 21.7. The Bertz CT molecular complexity index is 864. The highest BCUT2D eigenvalue weighted by Gasteiger charge is 2.49. The quantitative estimate of drug-likeness (QED) is 0.779. The number of hydrogen-bond acceptors (Lipinski definition) is 3. The molecule has 1 saturated heterocycles. The SMILES string of the molecule is CN1C(=O)[C@@](CCC(=O)N2CCSCC2)(Cc2ccccc2)c2ccccc21. The van der Waals surface area contributed by atoms with Gasteiger partial charge in [-0.2, -0.15) is 11.8 Å². The smallest absolute Gasteiger partial charge is 0.237 e. The van der Waals surface area contributed by atoms with Crippen LogP contribution in [0.5, 0.6) is 0 Å². The summed E-state index contributed by atoms with van der Waals surface area (Å²) in [6, 6.07) is 18.2. The van der Waals surface area contributed by atoms with Crippen molar-refractivity contribution < 1.29 is 9.59 Å². The van der Waals surface area contributed by atoms with E-state index in [1.807, 2.05) is 60.1 Å². The van der Waals surface area contributed by atoms with Gasteiger partial charge in [0.1, 0.15) is 0 Å².